The Kier molecular flexibility index (Phi) is 30.9. The molecule has 4 N–H and O–H groups in total. The minimum Gasteiger partial charge on any atom is -0.462 e. The maximum Gasteiger partial charge on any atom is 0.306 e. The van der Waals surface area contributed by atoms with E-state index in [2.05, 4.69) is 26.0 Å². The number of carbonyl (C=O) groups is 2. The second-order valence-electron chi connectivity index (χ2n) is 14.7. The first-order chi connectivity index (χ1) is 27.0. The molecule has 0 radical (unpaired) electrons. The Bertz CT molecular complexity index is 1230. The second-order valence-corrected chi connectivity index (χ2v) is 16.2. The number of aliphatic hydroxyl groups excluding tert-OH is 3. The van der Waals surface area contributed by atoms with Crippen molar-refractivity contribution in [3.05, 3.63) is 48.6 Å². The largest absolute Gasteiger partial charge is 0.462 e. The van der Waals surface area contributed by atoms with Crippen molar-refractivity contribution in [3.63, 3.8) is 0 Å². The van der Waals surface area contributed by atoms with E-state index in [4.69, 9.17) is 18.9 Å². The Hall–Kier alpha value is -2.39. The summed E-state index contributed by atoms with van der Waals surface area (Å²) in [6.07, 6.45) is 28.7. The average Bonchev–Trinajstić information content (AvgIpc) is 3.16. The number of hydrogen-bond donors (Lipinski definition) is 4. The van der Waals surface area contributed by atoms with Crippen molar-refractivity contribution in [2.24, 2.45) is 0 Å². The summed E-state index contributed by atoms with van der Waals surface area (Å²) in [4.78, 5) is 25.3. The van der Waals surface area contributed by atoms with Crippen molar-refractivity contribution in [3.8, 4) is 0 Å². The summed E-state index contributed by atoms with van der Waals surface area (Å²) in [6.45, 7) is 3.58. The molecule has 1 heterocycles. The van der Waals surface area contributed by atoms with Crippen molar-refractivity contribution < 1.29 is 56.8 Å². The van der Waals surface area contributed by atoms with Crippen LogP contribution in [0.1, 0.15) is 155 Å². The third-order valence-electron chi connectivity index (χ3n) is 9.52. The quantitative estimate of drug-likeness (QED) is 0.0213. The molecule has 2 unspecified atom stereocenters. The van der Waals surface area contributed by atoms with Crippen LogP contribution < -0.4 is 0 Å². The van der Waals surface area contributed by atoms with Gasteiger partial charge in [0.2, 0.25) is 0 Å². The van der Waals surface area contributed by atoms with E-state index in [0.717, 1.165) is 57.8 Å². The molecule has 0 saturated carbocycles. The molecular formula is C43H74O12S. The predicted molar refractivity (Wildman–Crippen MR) is 219 cm³/mol. The summed E-state index contributed by atoms with van der Waals surface area (Å²) in [6, 6.07) is 0. The summed E-state index contributed by atoms with van der Waals surface area (Å²) < 4.78 is 53.9. The summed E-state index contributed by atoms with van der Waals surface area (Å²) in [5.41, 5.74) is 0. The lowest BCUT2D eigenvalue weighted by molar-refractivity contribution is -0.297. The van der Waals surface area contributed by atoms with Crippen LogP contribution in [0, 0.1) is 0 Å². The van der Waals surface area contributed by atoms with Gasteiger partial charge in [-0.3, -0.25) is 14.1 Å². The molecule has 0 aromatic heterocycles. The van der Waals surface area contributed by atoms with Crippen molar-refractivity contribution in [1.29, 1.82) is 0 Å². The van der Waals surface area contributed by atoms with Gasteiger partial charge in [0, 0.05) is 12.8 Å². The van der Waals surface area contributed by atoms with Gasteiger partial charge in [-0.25, -0.2) is 0 Å². The van der Waals surface area contributed by atoms with E-state index < -0.39 is 71.2 Å². The number of hydrogen-bond acceptors (Lipinski definition) is 11. The molecule has 1 aliphatic heterocycles. The van der Waals surface area contributed by atoms with Crippen LogP contribution in [0.5, 0.6) is 0 Å². The third kappa shape index (κ3) is 28.1. The molecule has 13 heteroatoms. The minimum atomic E-state index is -4.60. The van der Waals surface area contributed by atoms with Crippen LogP contribution >= 0.6 is 0 Å². The zero-order valence-electron chi connectivity index (χ0n) is 34.2. The zero-order chi connectivity index (χ0) is 41.3. The Morgan fingerprint density at radius 2 is 1.12 bits per heavy atom. The number of rotatable bonds is 34. The maximum absolute atomic E-state index is 12.8. The molecule has 1 saturated heterocycles. The number of aliphatic hydroxyl groups is 3. The van der Waals surface area contributed by atoms with Crippen molar-refractivity contribution in [2.75, 3.05) is 19.0 Å². The van der Waals surface area contributed by atoms with Gasteiger partial charge in [-0.15, -0.1) is 0 Å². The Morgan fingerprint density at radius 3 is 1.68 bits per heavy atom. The molecule has 0 aliphatic carbocycles. The van der Waals surface area contributed by atoms with Crippen LogP contribution in [-0.4, -0.2) is 96.0 Å². The SMILES string of the molecule is CC/C=C/C=C/C=C/C=C/CCCCCCCC(=O)O[C@H](COC(=O)CCCCCCCCCCCCCCC)CO[C@H]1O[C@H](CS(=O)(=O)O)[C@@H](O)C(O)C1O. The highest BCUT2D eigenvalue weighted by Crippen LogP contribution is 2.24. The Morgan fingerprint density at radius 1 is 0.625 bits per heavy atom. The minimum absolute atomic E-state index is 0.138. The van der Waals surface area contributed by atoms with Gasteiger partial charge in [0.25, 0.3) is 10.1 Å². The lowest BCUT2D eigenvalue weighted by Gasteiger charge is -2.40. The fraction of sp³-hybridized carbons (Fsp3) is 0.767. The molecular weight excluding hydrogens is 741 g/mol. The summed E-state index contributed by atoms with van der Waals surface area (Å²) in [5.74, 6) is -2.02. The molecule has 12 nitrogen and oxygen atoms in total. The van der Waals surface area contributed by atoms with Crippen molar-refractivity contribution in [2.45, 2.75) is 192 Å². The number of allylic oxidation sites excluding steroid dienone is 8. The first-order valence-corrected chi connectivity index (χ1v) is 22.9. The van der Waals surface area contributed by atoms with Crippen molar-refractivity contribution in [1.82, 2.24) is 0 Å². The highest BCUT2D eigenvalue weighted by atomic mass is 32.2. The van der Waals surface area contributed by atoms with E-state index >= 15 is 0 Å². The fourth-order valence-electron chi connectivity index (χ4n) is 6.22. The van der Waals surface area contributed by atoms with Crippen LogP contribution in [0.3, 0.4) is 0 Å². The summed E-state index contributed by atoms with van der Waals surface area (Å²) in [7, 11) is -4.60. The van der Waals surface area contributed by atoms with Crippen LogP contribution in [-0.2, 0) is 38.7 Å². The van der Waals surface area contributed by atoms with E-state index in [0.29, 0.717) is 12.8 Å². The van der Waals surface area contributed by atoms with E-state index in [1.165, 1.54) is 57.8 Å². The van der Waals surface area contributed by atoms with Gasteiger partial charge in [-0.1, -0.05) is 159 Å². The van der Waals surface area contributed by atoms with Gasteiger partial charge in [0.05, 0.1) is 6.61 Å². The molecule has 0 bridgehead atoms. The standard InChI is InChI=1S/C43H74O12S/c1-3-5-7-9-11-13-15-17-18-20-22-24-26-28-30-32-39(45)54-36(34-53-43-42(48)41(47)40(46)37(55-43)35-56(49,50)51)33-52-38(44)31-29-27-25-23-21-19-16-14-12-10-8-6-4-2/h5,7,9,11,13,15,17-18,36-37,40-43,46-48H,3-4,6,8,10,12,14,16,19-35H2,1-2H3,(H,49,50,51)/b7-5+,11-9+,15-13+,18-17+/t36-,37-,40-,41?,42?,43+/m1/s1. The lowest BCUT2D eigenvalue weighted by atomic mass is 10.00. The van der Waals surface area contributed by atoms with E-state index in [1.54, 1.807) is 0 Å². The third-order valence-corrected chi connectivity index (χ3v) is 10.3. The number of carbonyl (C=O) groups excluding carboxylic acids is 2. The fourth-order valence-corrected chi connectivity index (χ4v) is 6.91. The summed E-state index contributed by atoms with van der Waals surface area (Å²) >= 11 is 0. The molecule has 0 aromatic carbocycles. The molecule has 1 fully saturated rings. The average molecular weight is 815 g/mol. The molecule has 324 valence electrons. The van der Waals surface area contributed by atoms with Crippen LogP contribution in [0.15, 0.2) is 48.6 Å². The molecule has 6 atom stereocenters. The summed E-state index contributed by atoms with van der Waals surface area (Å²) in [5, 5.41) is 30.8. The second kappa shape index (κ2) is 33.6. The van der Waals surface area contributed by atoms with E-state index in [1.807, 2.05) is 36.5 Å². The number of esters is 2. The molecule has 1 rings (SSSR count). The first kappa shape index (κ1) is 51.6. The smallest absolute Gasteiger partial charge is 0.306 e. The van der Waals surface area contributed by atoms with Crippen LogP contribution in [0.25, 0.3) is 0 Å². The Balaban J connectivity index is 2.50. The molecule has 1 aliphatic rings. The van der Waals surface area contributed by atoms with Gasteiger partial charge in [0.1, 0.15) is 36.8 Å². The van der Waals surface area contributed by atoms with Gasteiger partial charge in [-0.2, -0.15) is 8.42 Å². The lowest BCUT2D eigenvalue weighted by Crippen LogP contribution is -2.60. The first-order valence-electron chi connectivity index (χ1n) is 21.2. The van der Waals surface area contributed by atoms with E-state index in [9.17, 15) is 37.9 Å². The number of ether oxygens (including phenoxy) is 4. The van der Waals surface area contributed by atoms with Crippen LogP contribution in [0.2, 0.25) is 0 Å². The van der Waals surface area contributed by atoms with Gasteiger partial charge >= 0.3 is 11.9 Å². The molecule has 56 heavy (non-hydrogen) atoms. The van der Waals surface area contributed by atoms with Gasteiger partial charge in [-0.05, 0) is 32.1 Å². The molecule has 0 amide bonds. The predicted octanol–water partition coefficient (Wildman–Crippen LogP) is 8.00. The zero-order valence-corrected chi connectivity index (χ0v) is 35.0. The normalized spacial score (nSPS) is 21.1. The number of unbranched alkanes of at least 4 members (excludes halogenated alkanes) is 17. The highest BCUT2D eigenvalue weighted by molar-refractivity contribution is 7.85. The monoisotopic (exact) mass is 814 g/mol. The molecule has 0 aromatic rings. The maximum atomic E-state index is 12.8. The molecule has 0 spiro atoms. The van der Waals surface area contributed by atoms with Crippen molar-refractivity contribution >= 4 is 22.1 Å². The van der Waals surface area contributed by atoms with E-state index in [-0.39, 0.29) is 19.4 Å². The van der Waals surface area contributed by atoms with Gasteiger partial charge in [0.15, 0.2) is 12.4 Å². The van der Waals surface area contributed by atoms with Gasteiger partial charge < -0.3 is 34.3 Å². The highest BCUT2D eigenvalue weighted by Gasteiger charge is 2.46. The van der Waals surface area contributed by atoms with Crippen LogP contribution in [0.4, 0.5) is 0 Å². The Labute approximate surface area is 337 Å². The topological polar surface area (TPSA) is 186 Å².